The van der Waals surface area contributed by atoms with Crippen molar-refractivity contribution in [3.8, 4) is 0 Å². The highest BCUT2D eigenvalue weighted by Crippen LogP contribution is 2.30. The molecule has 3 amide bonds. The number of carbonyl (C=O) groups is 2. The van der Waals surface area contributed by atoms with Gasteiger partial charge in [-0.25, -0.2) is 4.79 Å². The van der Waals surface area contributed by atoms with E-state index in [9.17, 15) is 9.59 Å². The highest BCUT2D eigenvalue weighted by molar-refractivity contribution is 6.04. The predicted molar refractivity (Wildman–Crippen MR) is 47.0 cm³/mol. The molecule has 2 rings (SSSR count). The lowest BCUT2D eigenvalue weighted by atomic mass is 10.1. The standard InChI is InChI=1S/C9H14N2O2/c1-5(2)7-8(12)11(6-3-4-6)9(13)10-7/h5-7H,3-4H2,1-2H3,(H,10,13)/t7-/m1/s1. The van der Waals surface area contributed by atoms with Crippen LogP contribution >= 0.6 is 0 Å². The van der Waals surface area contributed by atoms with Crippen LogP contribution in [0, 0.1) is 5.92 Å². The van der Waals surface area contributed by atoms with Crippen LogP contribution < -0.4 is 5.32 Å². The van der Waals surface area contributed by atoms with Crippen LogP contribution in [0.2, 0.25) is 0 Å². The first-order valence-corrected chi connectivity index (χ1v) is 4.75. The minimum absolute atomic E-state index is 0.0394. The number of hydrogen-bond donors (Lipinski definition) is 1. The quantitative estimate of drug-likeness (QED) is 0.640. The van der Waals surface area contributed by atoms with Gasteiger partial charge in [-0.05, 0) is 18.8 Å². The smallest absolute Gasteiger partial charge is 0.325 e. The van der Waals surface area contributed by atoms with Crippen molar-refractivity contribution in [1.82, 2.24) is 10.2 Å². The molecule has 1 atom stereocenters. The monoisotopic (exact) mass is 182 g/mol. The van der Waals surface area contributed by atoms with E-state index in [2.05, 4.69) is 5.32 Å². The highest BCUT2D eigenvalue weighted by atomic mass is 16.2. The first kappa shape index (κ1) is 8.53. The second kappa shape index (κ2) is 2.72. The number of urea groups is 1. The number of carbonyl (C=O) groups excluding carboxylic acids is 2. The second-order valence-corrected chi connectivity index (χ2v) is 4.11. The minimum Gasteiger partial charge on any atom is -0.326 e. The lowest BCUT2D eigenvalue weighted by Crippen LogP contribution is -2.35. The van der Waals surface area contributed by atoms with Gasteiger partial charge in [0.25, 0.3) is 5.91 Å². The summed E-state index contributed by atoms with van der Waals surface area (Å²) < 4.78 is 0. The van der Waals surface area contributed by atoms with Gasteiger partial charge in [0.2, 0.25) is 0 Å². The van der Waals surface area contributed by atoms with Gasteiger partial charge < -0.3 is 5.32 Å². The summed E-state index contributed by atoms with van der Waals surface area (Å²) in [5.41, 5.74) is 0. The molecule has 2 fully saturated rings. The summed E-state index contributed by atoms with van der Waals surface area (Å²) in [6.45, 7) is 3.89. The molecule has 72 valence electrons. The van der Waals surface area contributed by atoms with Crippen molar-refractivity contribution >= 4 is 11.9 Å². The molecule has 0 spiro atoms. The van der Waals surface area contributed by atoms with E-state index in [0.717, 1.165) is 12.8 Å². The number of hydrogen-bond acceptors (Lipinski definition) is 2. The molecule has 1 aliphatic carbocycles. The van der Waals surface area contributed by atoms with E-state index < -0.39 is 0 Å². The first-order chi connectivity index (χ1) is 6.11. The Bertz CT molecular complexity index is 258. The molecule has 1 heterocycles. The molecule has 0 radical (unpaired) electrons. The first-order valence-electron chi connectivity index (χ1n) is 4.75. The third-order valence-electron chi connectivity index (χ3n) is 2.58. The van der Waals surface area contributed by atoms with Crippen LogP contribution in [0.4, 0.5) is 4.79 Å². The van der Waals surface area contributed by atoms with Crippen LogP contribution in [0.15, 0.2) is 0 Å². The Kier molecular flexibility index (Phi) is 1.78. The normalized spacial score (nSPS) is 28.5. The van der Waals surface area contributed by atoms with Crippen molar-refractivity contribution in [3.63, 3.8) is 0 Å². The Morgan fingerprint density at radius 2 is 2.00 bits per heavy atom. The van der Waals surface area contributed by atoms with Gasteiger partial charge in [0.15, 0.2) is 0 Å². The average Bonchev–Trinajstić information content (AvgIpc) is 2.80. The molecule has 0 bridgehead atoms. The van der Waals surface area contributed by atoms with Gasteiger partial charge in [-0.3, -0.25) is 9.69 Å². The number of imide groups is 1. The molecule has 1 aliphatic heterocycles. The number of nitrogens with zero attached hydrogens (tertiary/aromatic N) is 1. The number of rotatable bonds is 2. The Morgan fingerprint density at radius 3 is 2.38 bits per heavy atom. The molecule has 1 saturated heterocycles. The molecule has 0 aromatic rings. The molecule has 1 N–H and O–H groups in total. The minimum atomic E-state index is -0.298. The summed E-state index contributed by atoms with van der Waals surface area (Å²) in [5.74, 6) is 0.141. The van der Waals surface area contributed by atoms with Gasteiger partial charge in [-0.1, -0.05) is 13.8 Å². The largest absolute Gasteiger partial charge is 0.326 e. The zero-order valence-electron chi connectivity index (χ0n) is 7.91. The van der Waals surface area contributed by atoms with Gasteiger partial charge in [-0.15, -0.1) is 0 Å². The summed E-state index contributed by atoms with van der Waals surface area (Å²) in [6, 6.07) is -0.310. The fourth-order valence-corrected chi connectivity index (χ4v) is 1.64. The molecule has 0 aromatic carbocycles. The molecule has 0 aromatic heterocycles. The van der Waals surface area contributed by atoms with Crippen molar-refractivity contribution in [2.75, 3.05) is 0 Å². The van der Waals surface area contributed by atoms with Crippen LogP contribution in [0.5, 0.6) is 0 Å². The third kappa shape index (κ3) is 1.30. The van der Waals surface area contributed by atoms with Gasteiger partial charge in [-0.2, -0.15) is 0 Å². The van der Waals surface area contributed by atoms with E-state index in [-0.39, 0.29) is 29.9 Å². The summed E-state index contributed by atoms with van der Waals surface area (Å²) in [6.07, 6.45) is 1.95. The van der Waals surface area contributed by atoms with Crippen molar-refractivity contribution in [1.29, 1.82) is 0 Å². The zero-order valence-corrected chi connectivity index (χ0v) is 7.91. The number of amides is 3. The Morgan fingerprint density at radius 1 is 1.38 bits per heavy atom. The van der Waals surface area contributed by atoms with Crippen LogP contribution in [0.3, 0.4) is 0 Å². The van der Waals surface area contributed by atoms with Crippen molar-refractivity contribution < 1.29 is 9.59 Å². The summed E-state index contributed by atoms with van der Waals surface area (Å²) in [4.78, 5) is 24.4. The van der Waals surface area contributed by atoms with Gasteiger partial charge in [0.05, 0.1) is 0 Å². The van der Waals surface area contributed by atoms with E-state index in [1.54, 1.807) is 0 Å². The van der Waals surface area contributed by atoms with E-state index in [4.69, 9.17) is 0 Å². The molecule has 2 aliphatic rings. The van der Waals surface area contributed by atoms with Crippen LogP contribution in [-0.2, 0) is 4.79 Å². The lowest BCUT2D eigenvalue weighted by Gasteiger charge is -2.13. The van der Waals surface area contributed by atoms with E-state index >= 15 is 0 Å². The summed E-state index contributed by atoms with van der Waals surface area (Å²) in [7, 11) is 0. The van der Waals surface area contributed by atoms with Crippen molar-refractivity contribution in [2.24, 2.45) is 5.92 Å². The molecule has 4 heteroatoms. The highest BCUT2D eigenvalue weighted by Gasteiger charge is 2.46. The topological polar surface area (TPSA) is 49.4 Å². The summed E-state index contributed by atoms with van der Waals surface area (Å²) >= 11 is 0. The van der Waals surface area contributed by atoms with E-state index in [0.29, 0.717) is 0 Å². The summed E-state index contributed by atoms with van der Waals surface area (Å²) in [5, 5.41) is 2.71. The SMILES string of the molecule is CC(C)[C@H]1NC(=O)N(C2CC2)C1=O. The molecule has 13 heavy (non-hydrogen) atoms. The Hall–Kier alpha value is -1.06. The second-order valence-electron chi connectivity index (χ2n) is 4.11. The van der Waals surface area contributed by atoms with Gasteiger partial charge in [0.1, 0.15) is 6.04 Å². The molecule has 1 saturated carbocycles. The maximum absolute atomic E-state index is 11.7. The average molecular weight is 182 g/mol. The van der Waals surface area contributed by atoms with Crippen LogP contribution in [0.1, 0.15) is 26.7 Å². The van der Waals surface area contributed by atoms with Crippen LogP contribution in [-0.4, -0.2) is 28.9 Å². The predicted octanol–water partition coefficient (Wildman–Crippen LogP) is 0.725. The molecule has 4 nitrogen and oxygen atoms in total. The van der Waals surface area contributed by atoms with E-state index in [1.807, 2.05) is 13.8 Å². The van der Waals surface area contributed by atoms with Crippen LogP contribution in [0.25, 0.3) is 0 Å². The van der Waals surface area contributed by atoms with E-state index in [1.165, 1.54) is 4.90 Å². The van der Waals surface area contributed by atoms with Gasteiger partial charge >= 0.3 is 6.03 Å². The Balaban J connectivity index is 2.14. The zero-order chi connectivity index (χ0) is 9.59. The number of nitrogens with one attached hydrogen (secondary N) is 1. The third-order valence-corrected chi connectivity index (χ3v) is 2.58. The van der Waals surface area contributed by atoms with Crippen molar-refractivity contribution in [3.05, 3.63) is 0 Å². The molecular weight excluding hydrogens is 168 g/mol. The fraction of sp³-hybridized carbons (Fsp3) is 0.778. The maximum Gasteiger partial charge on any atom is 0.325 e. The fourth-order valence-electron chi connectivity index (χ4n) is 1.64. The van der Waals surface area contributed by atoms with Gasteiger partial charge in [0, 0.05) is 6.04 Å². The van der Waals surface area contributed by atoms with Crippen molar-refractivity contribution in [2.45, 2.75) is 38.8 Å². The lowest BCUT2D eigenvalue weighted by molar-refractivity contribution is -0.128. The maximum atomic E-state index is 11.7. The molecular formula is C9H14N2O2. The molecule has 0 unspecified atom stereocenters. The Labute approximate surface area is 77.3 Å².